The molecule has 1 heterocycles. The maximum atomic E-state index is 12.6. The zero-order valence-electron chi connectivity index (χ0n) is 18.5. The van der Waals surface area contributed by atoms with Crippen LogP contribution in [0.5, 0.6) is 5.75 Å². The lowest BCUT2D eigenvalue weighted by Gasteiger charge is -2.19. The second kappa shape index (κ2) is 10.4. The number of carbonyl (C=O) groups is 1. The van der Waals surface area contributed by atoms with Gasteiger partial charge in [-0.25, -0.2) is 0 Å². The first-order valence-corrected chi connectivity index (χ1v) is 11.3. The fourth-order valence-electron chi connectivity index (χ4n) is 4.09. The van der Waals surface area contributed by atoms with E-state index in [-0.39, 0.29) is 23.3 Å². The fraction of sp³-hybridized carbons (Fsp3) is 0.231. The largest absolute Gasteiger partial charge is 0.573 e. The van der Waals surface area contributed by atoms with Crippen LogP contribution in [-0.4, -0.2) is 36.3 Å². The maximum Gasteiger partial charge on any atom is 0.573 e. The van der Waals surface area contributed by atoms with Crippen LogP contribution in [0.4, 0.5) is 13.2 Å². The number of likely N-dealkylation sites (tertiary alicyclic amines) is 1. The van der Waals surface area contributed by atoms with Crippen LogP contribution < -0.4 is 10.1 Å². The molecule has 1 atom stereocenters. The van der Waals surface area contributed by atoms with E-state index in [1.165, 1.54) is 12.1 Å². The van der Waals surface area contributed by atoms with E-state index in [0.717, 1.165) is 41.8 Å². The molecule has 1 unspecified atom stereocenters. The van der Waals surface area contributed by atoms with E-state index >= 15 is 0 Å². The fourth-order valence-corrected chi connectivity index (χ4v) is 4.22. The number of alkyl halides is 3. The molecule has 1 N–H and O–H groups in total. The van der Waals surface area contributed by atoms with Gasteiger partial charge in [-0.15, -0.1) is 13.2 Å². The molecule has 0 bridgehead atoms. The number of halogens is 4. The van der Waals surface area contributed by atoms with E-state index in [0.29, 0.717) is 23.7 Å². The summed E-state index contributed by atoms with van der Waals surface area (Å²) in [5.74, 6) is -0.726. The molecular formula is C26H21ClF3N3O2. The Labute approximate surface area is 205 Å². The first-order chi connectivity index (χ1) is 16.7. The summed E-state index contributed by atoms with van der Waals surface area (Å²) in [6.07, 6.45) is -4.03. The van der Waals surface area contributed by atoms with E-state index in [4.69, 9.17) is 11.6 Å². The number of amides is 1. The molecular weight excluding hydrogens is 479 g/mol. The Hall–Kier alpha value is -3.54. The molecule has 0 saturated carbocycles. The van der Waals surface area contributed by atoms with Crippen molar-refractivity contribution in [3.05, 3.63) is 88.4 Å². The summed E-state index contributed by atoms with van der Waals surface area (Å²) in [4.78, 5) is 14.8. The summed E-state index contributed by atoms with van der Waals surface area (Å²) >= 11 is 6.02. The normalized spacial score (nSPS) is 16.0. The molecule has 4 rings (SSSR count). The highest BCUT2D eigenvalue weighted by atomic mass is 35.5. The lowest BCUT2D eigenvalue weighted by molar-refractivity contribution is -0.274. The second-order valence-electron chi connectivity index (χ2n) is 8.26. The highest BCUT2D eigenvalue weighted by molar-refractivity contribution is 6.30. The number of nitrogens with one attached hydrogen (secondary N) is 1. The van der Waals surface area contributed by atoms with Gasteiger partial charge in [-0.1, -0.05) is 29.8 Å². The third kappa shape index (κ3) is 6.53. The van der Waals surface area contributed by atoms with Crippen molar-refractivity contribution in [2.45, 2.75) is 25.4 Å². The Bertz CT molecular complexity index is 1240. The molecule has 1 amide bonds. The lowest BCUT2D eigenvalue weighted by atomic mass is 9.97. The Morgan fingerprint density at radius 3 is 2.49 bits per heavy atom. The van der Waals surface area contributed by atoms with Crippen molar-refractivity contribution in [2.75, 3.05) is 13.1 Å². The standard InChI is InChI=1S/C26H21ClF3N3O2/c27-21-7-3-18(4-8-21)24-13-17(14-31)1-2-20(24)15-33-12-11-22(16-33)32-25(34)19-5-9-23(10-6-19)35-26(28,29)30/h1-10,13,22H,11-12,15-16H2,(H,32,34). The average Bonchev–Trinajstić information content (AvgIpc) is 3.26. The van der Waals surface area contributed by atoms with Gasteiger partial charge in [-0.05, 0) is 71.6 Å². The zero-order valence-corrected chi connectivity index (χ0v) is 19.2. The quantitative estimate of drug-likeness (QED) is 0.467. The second-order valence-corrected chi connectivity index (χ2v) is 8.69. The van der Waals surface area contributed by atoms with Gasteiger partial charge >= 0.3 is 6.36 Å². The summed E-state index contributed by atoms with van der Waals surface area (Å²) in [6.45, 7) is 2.03. The Morgan fingerprint density at radius 1 is 1.11 bits per heavy atom. The number of benzene rings is 3. The van der Waals surface area contributed by atoms with Crippen molar-refractivity contribution in [2.24, 2.45) is 0 Å². The van der Waals surface area contributed by atoms with E-state index in [9.17, 15) is 23.2 Å². The molecule has 3 aromatic carbocycles. The number of nitriles is 1. The Kier molecular flexibility index (Phi) is 7.29. The number of ether oxygens (including phenoxy) is 1. The number of rotatable bonds is 6. The molecule has 0 aromatic heterocycles. The number of hydrogen-bond donors (Lipinski definition) is 1. The molecule has 180 valence electrons. The van der Waals surface area contributed by atoms with Gasteiger partial charge < -0.3 is 10.1 Å². The van der Waals surface area contributed by atoms with Crippen molar-refractivity contribution in [3.63, 3.8) is 0 Å². The summed E-state index contributed by atoms with van der Waals surface area (Å²) in [7, 11) is 0. The van der Waals surface area contributed by atoms with Crippen LogP contribution in [-0.2, 0) is 6.54 Å². The molecule has 0 spiro atoms. The van der Waals surface area contributed by atoms with E-state index in [1.807, 2.05) is 36.4 Å². The van der Waals surface area contributed by atoms with Gasteiger partial charge in [0, 0.05) is 36.3 Å². The Morgan fingerprint density at radius 2 is 1.83 bits per heavy atom. The van der Waals surface area contributed by atoms with Crippen LogP contribution in [0.3, 0.4) is 0 Å². The van der Waals surface area contributed by atoms with Gasteiger partial charge in [-0.3, -0.25) is 9.69 Å². The first-order valence-electron chi connectivity index (χ1n) is 10.9. The number of carbonyl (C=O) groups excluding carboxylic acids is 1. The van der Waals surface area contributed by atoms with Gasteiger partial charge in [0.1, 0.15) is 5.75 Å². The number of nitrogens with zero attached hydrogens (tertiary/aromatic N) is 2. The topological polar surface area (TPSA) is 65.4 Å². The van der Waals surface area contributed by atoms with Crippen LogP contribution in [0.1, 0.15) is 27.9 Å². The van der Waals surface area contributed by atoms with Gasteiger partial charge in [0.15, 0.2) is 0 Å². The third-order valence-corrected chi connectivity index (χ3v) is 6.00. The molecule has 1 fully saturated rings. The van der Waals surface area contributed by atoms with Crippen molar-refractivity contribution >= 4 is 17.5 Å². The highest BCUT2D eigenvalue weighted by Gasteiger charge is 2.31. The molecule has 35 heavy (non-hydrogen) atoms. The van der Waals surface area contributed by atoms with Crippen molar-refractivity contribution in [3.8, 4) is 22.9 Å². The van der Waals surface area contributed by atoms with Crippen LogP contribution in [0.15, 0.2) is 66.7 Å². The van der Waals surface area contributed by atoms with E-state index in [1.54, 1.807) is 6.07 Å². The van der Waals surface area contributed by atoms with Gasteiger partial charge in [-0.2, -0.15) is 5.26 Å². The highest BCUT2D eigenvalue weighted by Crippen LogP contribution is 2.28. The molecule has 1 saturated heterocycles. The predicted octanol–water partition coefficient (Wildman–Crippen LogP) is 5.78. The minimum Gasteiger partial charge on any atom is -0.406 e. The zero-order chi connectivity index (χ0) is 25.0. The third-order valence-electron chi connectivity index (χ3n) is 5.75. The van der Waals surface area contributed by atoms with E-state index in [2.05, 4.69) is 21.0 Å². The van der Waals surface area contributed by atoms with Crippen molar-refractivity contribution in [1.82, 2.24) is 10.2 Å². The molecule has 3 aromatic rings. The molecule has 5 nitrogen and oxygen atoms in total. The smallest absolute Gasteiger partial charge is 0.406 e. The SMILES string of the molecule is N#Cc1ccc(CN2CCC(NC(=O)c3ccc(OC(F)(F)F)cc3)C2)c(-c2ccc(Cl)cc2)c1. The lowest BCUT2D eigenvalue weighted by Crippen LogP contribution is -2.37. The van der Waals surface area contributed by atoms with Gasteiger partial charge in [0.05, 0.1) is 11.6 Å². The van der Waals surface area contributed by atoms with Crippen LogP contribution in [0.2, 0.25) is 5.02 Å². The first kappa shape index (κ1) is 24.6. The van der Waals surface area contributed by atoms with Crippen LogP contribution >= 0.6 is 11.6 Å². The predicted molar refractivity (Wildman–Crippen MR) is 126 cm³/mol. The summed E-state index contributed by atoms with van der Waals surface area (Å²) in [5, 5.41) is 12.9. The summed E-state index contributed by atoms with van der Waals surface area (Å²) < 4.78 is 40.8. The minimum atomic E-state index is -4.78. The van der Waals surface area contributed by atoms with Crippen molar-refractivity contribution < 1.29 is 22.7 Å². The van der Waals surface area contributed by atoms with Crippen LogP contribution in [0.25, 0.3) is 11.1 Å². The average molecular weight is 500 g/mol. The molecule has 1 aliphatic rings. The maximum absolute atomic E-state index is 12.6. The molecule has 1 aliphatic heterocycles. The molecule has 0 radical (unpaired) electrons. The summed E-state index contributed by atoms with van der Waals surface area (Å²) in [5.41, 5.74) is 3.79. The number of hydrogen-bond acceptors (Lipinski definition) is 4. The van der Waals surface area contributed by atoms with Crippen molar-refractivity contribution in [1.29, 1.82) is 5.26 Å². The molecule has 9 heteroatoms. The van der Waals surface area contributed by atoms with Gasteiger partial charge in [0.2, 0.25) is 0 Å². The summed E-state index contributed by atoms with van der Waals surface area (Å²) in [6, 6.07) is 20.0. The monoisotopic (exact) mass is 499 g/mol. The van der Waals surface area contributed by atoms with E-state index < -0.39 is 6.36 Å². The van der Waals surface area contributed by atoms with Crippen LogP contribution in [0, 0.1) is 11.3 Å². The Balaban J connectivity index is 1.39. The minimum absolute atomic E-state index is 0.0917. The van der Waals surface area contributed by atoms with Gasteiger partial charge in [0.25, 0.3) is 5.91 Å². The molecule has 0 aliphatic carbocycles.